The van der Waals surface area contributed by atoms with Gasteiger partial charge in [-0.15, -0.1) is 0 Å². The normalized spacial score (nSPS) is 10.0. The van der Waals surface area contributed by atoms with E-state index in [0.29, 0.717) is 5.95 Å². The third-order valence-electron chi connectivity index (χ3n) is 2.41. The van der Waals surface area contributed by atoms with E-state index in [4.69, 9.17) is 0 Å². The molecule has 0 saturated heterocycles. The van der Waals surface area contributed by atoms with Crippen molar-refractivity contribution in [2.45, 2.75) is 6.92 Å². The molecule has 0 bridgehead atoms. The number of anilines is 2. The number of amides is 1. The lowest BCUT2D eigenvalue weighted by Gasteiger charge is -2.08. The lowest BCUT2D eigenvalue weighted by atomic mass is 10.2. The molecule has 0 atom stereocenters. The van der Waals surface area contributed by atoms with Crippen LogP contribution in [0.4, 0.5) is 11.6 Å². The van der Waals surface area contributed by atoms with Crippen molar-refractivity contribution < 1.29 is 4.79 Å². The van der Waals surface area contributed by atoms with Crippen LogP contribution >= 0.6 is 15.9 Å². The number of carbonyl (C=O) groups excluding carboxylic acids is 1. The third kappa shape index (κ3) is 4.03. The standard InChI is InChI=1S/C13H13BrN4O/c1-9-7-10(3-4-11(9)14)18-12(19)8-17-13-15-5-2-6-16-13/h2-7H,8H2,1H3,(H,18,19)(H,15,16,17). The van der Waals surface area contributed by atoms with Crippen LogP contribution < -0.4 is 10.6 Å². The van der Waals surface area contributed by atoms with Crippen LogP contribution in [-0.4, -0.2) is 22.4 Å². The Bertz CT molecular complexity index is 574. The lowest BCUT2D eigenvalue weighted by Crippen LogP contribution is -2.22. The molecular formula is C13H13BrN4O. The second kappa shape index (κ2) is 6.29. The fourth-order valence-corrected chi connectivity index (χ4v) is 1.72. The number of halogens is 1. The second-order valence-electron chi connectivity index (χ2n) is 3.94. The van der Waals surface area contributed by atoms with Crippen molar-refractivity contribution in [3.8, 4) is 0 Å². The highest BCUT2D eigenvalue weighted by Crippen LogP contribution is 2.19. The van der Waals surface area contributed by atoms with Gasteiger partial charge in [0.2, 0.25) is 11.9 Å². The van der Waals surface area contributed by atoms with E-state index in [1.165, 1.54) is 0 Å². The first kappa shape index (κ1) is 13.5. The predicted octanol–water partition coefficient (Wildman–Crippen LogP) is 2.60. The van der Waals surface area contributed by atoms with Gasteiger partial charge in [0.05, 0.1) is 6.54 Å². The monoisotopic (exact) mass is 320 g/mol. The number of nitrogens with zero attached hydrogens (tertiary/aromatic N) is 2. The van der Waals surface area contributed by atoms with Crippen LogP contribution in [0.2, 0.25) is 0 Å². The molecule has 0 aliphatic rings. The molecule has 0 aliphatic carbocycles. The molecule has 6 heteroatoms. The summed E-state index contributed by atoms with van der Waals surface area (Å²) in [5.41, 5.74) is 1.83. The fourth-order valence-electron chi connectivity index (χ4n) is 1.48. The number of hydrogen-bond acceptors (Lipinski definition) is 4. The second-order valence-corrected chi connectivity index (χ2v) is 4.79. The largest absolute Gasteiger partial charge is 0.345 e. The Morgan fingerprint density at radius 3 is 2.74 bits per heavy atom. The molecule has 98 valence electrons. The average Bonchev–Trinajstić information content (AvgIpc) is 2.42. The topological polar surface area (TPSA) is 66.9 Å². The minimum Gasteiger partial charge on any atom is -0.345 e. The van der Waals surface area contributed by atoms with Gasteiger partial charge in [-0.05, 0) is 36.8 Å². The van der Waals surface area contributed by atoms with Gasteiger partial charge in [0.1, 0.15) is 0 Å². The maximum Gasteiger partial charge on any atom is 0.243 e. The van der Waals surface area contributed by atoms with Gasteiger partial charge in [-0.25, -0.2) is 9.97 Å². The van der Waals surface area contributed by atoms with Gasteiger partial charge in [-0.3, -0.25) is 4.79 Å². The van der Waals surface area contributed by atoms with Crippen LogP contribution in [0, 0.1) is 6.92 Å². The minimum atomic E-state index is -0.144. The van der Waals surface area contributed by atoms with Crippen molar-refractivity contribution in [3.05, 3.63) is 46.7 Å². The minimum absolute atomic E-state index is 0.124. The summed E-state index contributed by atoms with van der Waals surface area (Å²) < 4.78 is 1.02. The van der Waals surface area contributed by atoms with E-state index in [2.05, 4.69) is 36.5 Å². The molecule has 5 nitrogen and oxygen atoms in total. The molecule has 0 fully saturated rings. The molecule has 19 heavy (non-hydrogen) atoms. The fraction of sp³-hybridized carbons (Fsp3) is 0.154. The quantitative estimate of drug-likeness (QED) is 0.908. The number of aromatic nitrogens is 2. The van der Waals surface area contributed by atoms with E-state index < -0.39 is 0 Å². The third-order valence-corrected chi connectivity index (χ3v) is 3.30. The zero-order valence-corrected chi connectivity index (χ0v) is 11.9. The van der Waals surface area contributed by atoms with E-state index in [9.17, 15) is 4.79 Å². The highest BCUT2D eigenvalue weighted by atomic mass is 79.9. The molecule has 1 aromatic carbocycles. The van der Waals surface area contributed by atoms with Gasteiger partial charge in [0.15, 0.2) is 0 Å². The van der Waals surface area contributed by atoms with E-state index in [-0.39, 0.29) is 12.5 Å². The highest BCUT2D eigenvalue weighted by molar-refractivity contribution is 9.10. The smallest absolute Gasteiger partial charge is 0.243 e. The van der Waals surface area contributed by atoms with Crippen LogP contribution in [0.25, 0.3) is 0 Å². The Balaban J connectivity index is 1.89. The Morgan fingerprint density at radius 1 is 1.32 bits per heavy atom. The summed E-state index contributed by atoms with van der Waals surface area (Å²) in [4.78, 5) is 19.7. The molecule has 2 N–H and O–H groups in total. The number of nitrogens with one attached hydrogen (secondary N) is 2. The number of benzene rings is 1. The van der Waals surface area contributed by atoms with Crippen LogP contribution in [0.5, 0.6) is 0 Å². The first-order chi connectivity index (χ1) is 9.15. The van der Waals surface area contributed by atoms with E-state index in [0.717, 1.165) is 15.7 Å². The van der Waals surface area contributed by atoms with Gasteiger partial charge in [0.25, 0.3) is 0 Å². The van der Waals surface area contributed by atoms with E-state index in [1.54, 1.807) is 18.5 Å². The zero-order valence-electron chi connectivity index (χ0n) is 10.4. The van der Waals surface area contributed by atoms with Crippen LogP contribution in [0.3, 0.4) is 0 Å². The highest BCUT2D eigenvalue weighted by Gasteiger charge is 2.04. The molecule has 0 unspecified atom stereocenters. The van der Waals surface area contributed by atoms with Crippen LogP contribution in [0.1, 0.15) is 5.56 Å². The molecular weight excluding hydrogens is 308 g/mol. The SMILES string of the molecule is Cc1cc(NC(=O)CNc2ncccn2)ccc1Br. The summed E-state index contributed by atoms with van der Waals surface area (Å²) in [6, 6.07) is 7.36. The lowest BCUT2D eigenvalue weighted by molar-refractivity contribution is -0.114. The summed E-state index contributed by atoms with van der Waals surface area (Å²) >= 11 is 3.42. The van der Waals surface area contributed by atoms with Crippen molar-refractivity contribution in [1.82, 2.24) is 9.97 Å². The molecule has 0 radical (unpaired) electrons. The zero-order chi connectivity index (χ0) is 13.7. The molecule has 0 aliphatic heterocycles. The molecule has 1 aromatic heterocycles. The van der Waals surface area contributed by atoms with Gasteiger partial charge in [0, 0.05) is 22.6 Å². The van der Waals surface area contributed by atoms with Crippen molar-refractivity contribution >= 4 is 33.5 Å². The number of carbonyl (C=O) groups is 1. The molecule has 2 aromatic rings. The Kier molecular flexibility index (Phi) is 4.46. The van der Waals surface area contributed by atoms with E-state index in [1.807, 2.05) is 25.1 Å². The van der Waals surface area contributed by atoms with E-state index >= 15 is 0 Å². The maximum absolute atomic E-state index is 11.7. The van der Waals surface area contributed by atoms with Crippen LogP contribution in [-0.2, 0) is 4.79 Å². The Morgan fingerprint density at radius 2 is 2.05 bits per heavy atom. The maximum atomic E-state index is 11.7. The number of hydrogen-bond donors (Lipinski definition) is 2. The molecule has 2 rings (SSSR count). The first-order valence-corrected chi connectivity index (χ1v) is 6.51. The summed E-state index contributed by atoms with van der Waals surface area (Å²) in [5.74, 6) is 0.291. The summed E-state index contributed by atoms with van der Waals surface area (Å²) in [6.07, 6.45) is 3.23. The Labute approximate surface area is 119 Å². The van der Waals surface area contributed by atoms with Gasteiger partial charge in [-0.2, -0.15) is 0 Å². The predicted molar refractivity (Wildman–Crippen MR) is 78.0 cm³/mol. The molecule has 0 spiro atoms. The van der Waals surface area contributed by atoms with Crippen LogP contribution in [0.15, 0.2) is 41.1 Å². The van der Waals surface area contributed by atoms with Crippen molar-refractivity contribution in [1.29, 1.82) is 0 Å². The van der Waals surface area contributed by atoms with Gasteiger partial charge < -0.3 is 10.6 Å². The number of rotatable bonds is 4. The Hall–Kier alpha value is -1.95. The number of aryl methyl sites for hydroxylation is 1. The van der Waals surface area contributed by atoms with Gasteiger partial charge >= 0.3 is 0 Å². The average molecular weight is 321 g/mol. The molecule has 0 saturated carbocycles. The summed E-state index contributed by atoms with van der Waals surface area (Å²) in [5, 5.41) is 5.65. The molecule has 1 amide bonds. The summed E-state index contributed by atoms with van der Waals surface area (Å²) in [6.45, 7) is 2.09. The summed E-state index contributed by atoms with van der Waals surface area (Å²) in [7, 11) is 0. The first-order valence-electron chi connectivity index (χ1n) is 5.72. The molecule has 1 heterocycles. The van der Waals surface area contributed by atoms with Crippen molar-refractivity contribution in [2.24, 2.45) is 0 Å². The van der Waals surface area contributed by atoms with Gasteiger partial charge in [-0.1, -0.05) is 15.9 Å². The van der Waals surface area contributed by atoms with Crippen molar-refractivity contribution in [3.63, 3.8) is 0 Å². The van der Waals surface area contributed by atoms with Crippen molar-refractivity contribution in [2.75, 3.05) is 17.2 Å².